The maximum absolute atomic E-state index is 15.5. The zero-order chi connectivity index (χ0) is 26.9. The Morgan fingerprint density at radius 1 is 1.34 bits per heavy atom. The molecule has 1 aliphatic rings. The van der Waals surface area contributed by atoms with Crippen LogP contribution in [0.5, 0.6) is 0 Å². The van der Waals surface area contributed by atoms with E-state index in [2.05, 4.69) is 5.10 Å². The van der Waals surface area contributed by atoms with Crippen molar-refractivity contribution in [3.05, 3.63) is 70.6 Å². The number of halogens is 3. The summed E-state index contributed by atoms with van der Waals surface area (Å²) in [5.41, 5.74) is 0.341. The second-order valence-electron chi connectivity index (χ2n) is 7.36. The fraction of sp³-hybridized carbons (Fsp3) is 0.217. The molecule has 0 aliphatic heterocycles. The minimum Gasteiger partial charge on any atom is -0.478 e. The van der Waals surface area contributed by atoms with Gasteiger partial charge in [-0.15, -0.1) is 0 Å². The van der Waals surface area contributed by atoms with Gasteiger partial charge in [0.2, 0.25) is 0 Å². The molecule has 5 rings (SSSR count). The molecule has 5 nitrogen and oxygen atoms in total. The third kappa shape index (κ3) is 3.38. The highest BCUT2D eigenvalue weighted by Crippen LogP contribution is 2.51. The average Bonchev–Trinajstić information content (AvgIpc) is 3.43. The molecule has 0 saturated heterocycles. The van der Waals surface area contributed by atoms with E-state index in [0.29, 0.717) is 20.7 Å². The van der Waals surface area contributed by atoms with E-state index >= 15 is 8.78 Å². The van der Waals surface area contributed by atoms with E-state index in [0.717, 1.165) is 30.7 Å². The molecular weight excluding hydrogens is 456 g/mol. The van der Waals surface area contributed by atoms with Gasteiger partial charge in [-0.3, -0.25) is 4.68 Å². The fourth-order valence-electron chi connectivity index (χ4n) is 3.76. The lowest BCUT2D eigenvalue weighted by Crippen LogP contribution is -2.02. The third-order valence-electron chi connectivity index (χ3n) is 5.32. The van der Waals surface area contributed by atoms with Gasteiger partial charge in [0, 0.05) is 43.6 Å². The monoisotopic (exact) mass is 478 g/mol. The van der Waals surface area contributed by atoms with Crippen LogP contribution in [0.4, 0.5) is 8.78 Å². The van der Waals surface area contributed by atoms with Crippen LogP contribution in [0.3, 0.4) is 0 Å². The normalized spacial score (nSPS) is 16.9. The smallest absolute Gasteiger partial charge is 0.338 e. The van der Waals surface area contributed by atoms with Gasteiger partial charge in [0.25, 0.3) is 0 Å². The topological polar surface area (TPSA) is 60.0 Å². The Labute approximate surface area is 198 Å². The number of fused-ring (bicyclic) bond motifs is 1. The number of aryl methyl sites for hydroxylation is 1. The number of carboxylic acid groups (broad SMARTS) is 1. The SMILES string of the molecule is [2H]C([2H])([2H])C([2H])([2H])n1cc(-n2c(C3CC3)c(Sc3cccc(C(=O)O)c3F)c3ccc(Cl)c(F)c32)cn1. The first-order chi connectivity index (χ1) is 17.3. The standard InChI is InChI=1S/C23H18ClF2N3O2S/c1-2-28-11-13(10-27-28)29-20(12-6-7-12)22(15-8-9-16(24)19(26)21(15)29)32-17-5-3-4-14(18(17)25)23(30)31/h3-5,8-12H,2,6-7H2,1H3,(H,30,31)/i1D3,2D2. The molecule has 9 heteroatoms. The van der Waals surface area contributed by atoms with E-state index in [1.165, 1.54) is 35.2 Å². The highest BCUT2D eigenvalue weighted by atomic mass is 35.5. The summed E-state index contributed by atoms with van der Waals surface area (Å²) >= 11 is 7.06. The summed E-state index contributed by atoms with van der Waals surface area (Å²) in [7, 11) is 0. The van der Waals surface area contributed by atoms with Gasteiger partial charge in [-0.25, -0.2) is 13.6 Å². The van der Waals surface area contributed by atoms with E-state index in [1.54, 1.807) is 6.07 Å². The highest BCUT2D eigenvalue weighted by molar-refractivity contribution is 7.99. The quantitative estimate of drug-likeness (QED) is 0.343. The maximum Gasteiger partial charge on any atom is 0.338 e. The van der Waals surface area contributed by atoms with Crippen molar-refractivity contribution in [3.8, 4) is 5.69 Å². The van der Waals surface area contributed by atoms with Gasteiger partial charge in [0.05, 0.1) is 30.7 Å². The molecule has 1 fully saturated rings. The van der Waals surface area contributed by atoms with Gasteiger partial charge >= 0.3 is 5.97 Å². The van der Waals surface area contributed by atoms with Crippen molar-refractivity contribution in [3.63, 3.8) is 0 Å². The van der Waals surface area contributed by atoms with Crippen molar-refractivity contribution in [1.29, 1.82) is 0 Å². The Kier molecular flexibility index (Phi) is 3.94. The molecule has 1 saturated carbocycles. The maximum atomic E-state index is 15.5. The van der Waals surface area contributed by atoms with Crippen molar-refractivity contribution >= 4 is 40.2 Å². The molecule has 1 N–H and O–H groups in total. The van der Waals surface area contributed by atoms with Gasteiger partial charge < -0.3 is 9.67 Å². The largest absolute Gasteiger partial charge is 0.478 e. The highest BCUT2D eigenvalue weighted by Gasteiger charge is 2.34. The summed E-state index contributed by atoms with van der Waals surface area (Å²) in [5, 5.41) is 13.5. The molecule has 0 radical (unpaired) electrons. The first-order valence-electron chi connectivity index (χ1n) is 12.1. The lowest BCUT2D eigenvalue weighted by molar-refractivity contribution is 0.0691. The Morgan fingerprint density at radius 2 is 2.16 bits per heavy atom. The average molecular weight is 479 g/mol. The number of carbonyl (C=O) groups is 1. The van der Waals surface area contributed by atoms with Crippen LogP contribution in [0.15, 0.2) is 52.5 Å². The molecule has 164 valence electrons. The van der Waals surface area contributed by atoms with Crippen LogP contribution in [0.1, 0.15) is 48.5 Å². The Hall–Kier alpha value is -2.84. The second kappa shape index (κ2) is 7.94. The van der Waals surface area contributed by atoms with Crippen LogP contribution >= 0.6 is 23.4 Å². The number of nitrogens with zero attached hydrogens (tertiary/aromatic N) is 3. The van der Waals surface area contributed by atoms with E-state index in [9.17, 15) is 9.90 Å². The molecule has 2 aromatic heterocycles. The molecule has 0 atom stereocenters. The van der Waals surface area contributed by atoms with Crippen molar-refractivity contribution in [2.24, 2.45) is 0 Å². The van der Waals surface area contributed by atoms with E-state index in [4.69, 9.17) is 18.5 Å². The Bertz CT molecular complexity index is 1570. The number of rotatable bonds is 6. The van der Waals surface area contributed by atoms with E-state index in [-0.39, 0.29) is 27.0 Å². The summed E-state index contributed by atoms with van der Waals surface area (Å²) in [6, 6.07) is 6.95. The van der Waals surface area contributed by atoms with Crippen LogP contribution in [0, 0.1) is 11.6 Å². The molecule has 0 bridgehead atoms. The molecule has 2 aromatic carbocycles. The lowest BCUT2D eigenvalue weighted by Gasteiger charge is -2.11. The van der Waals surface area contributed by atoms with Crippen LogP contribution in [0.25, 0.3) is 16.6 Å². The number of hydrogen-bond donors (Lipinski definition) is 1. The summed E-state index contributed by atoms with van der Waals surface area (Å²) in [4.78, 5) is 12.0. The van der Waals surface area contributed by atoms with Crippen LogP contribution < -0.4 is 0 Å². The third-order valence-corrected chi connectivity index (χ3v) is 6.78. The first-order valence-corrected chi connectivity index (χ1v) is 10.8. The van der Waals surface area contributed by atoms with Crippen LogP contribution in [-0.4, -0.2) is 25.4 Å². The Morgan fingerprint density at radius 3 is 2.88 bits per heavy atom. The molecule has 2 heterocycles. The second-order valence-corrected chi connectivity index (χ2v) is 8.82. The van der Waals surface area contributed by atoms with Crippen molar-refractivity contribution < 1.29 is 25.5 Å². The summed E-state index contributed by atoms with van der Waals surface area (Å²) in [6.07, 6.45) is 3.91. The zero-order valence-electron chi connectivity index (χ0n) is 21.3. The molecular formula is C23H18ClF2N3O2S. The van der Waals surface area contributed by atoms with Crippen LogP contribution in [-0.2, 0) is 6.50 Å². The van der Waals surface area contributed by atoms with Crippen molar-refractivity contribution in [2.75, 3.05) is 0 Å². The lowest BCUT2D eigenvalue weighted by atomic mass is 10.2. The summed E-state index contributed by atoms with van der Waals surface area (Å²) in [6.45, 7) is -5.85. The van der Waals surface area contributed by atoms with Gasteiger partial charge in [-0.2, -0.15) is 5.10 Å². The number of carboxylic acids is 1. The number of benzene rings is 2. The molecule has 1 aliphatic carbocycles. The molecule has 0 amide bonds. The first kappa shape index (κ1) is 15.9. The van der Waals surface area contributed by atoms with Crippen molar-refractivity contribution in [2.45, 2.75) is 41.9 Å². The zero-order valence-corrected chi connectivity index (χ0v) is 17.8. The predicted molar refractivity (Wildman–Crippen MR) is 119 cm³/mol. The minimum absolute atomic E-state index is 0.0330. The number of aromatic nitrogens is 3. The molecule has 4 aromatic rings. The van der Waals surface area contributed by atoms with E-state index in [1.807, 2.05) is 0 Å². The van der Waals surface area contributed by atoms with Gasteiger partial charge in [0.1, 0.15) is 0 Å². The van der Waals surface area contributed by atoms with Gasteiger partial charge in [0.15, 0.2) is 11.6 Å². The van der Waals surface area contributed by atoms with Crippen molar-refractivity contribution in [1.82, 2.24) is 14.3 Å². The predicted octanol–water partition coefficient (Wildman–Crippen LogP) is 6.51. The Balaban J connectivity index is 1.76. The van der Waals surface area contributed by atoms with E-state index < -0.39 is 36.5 Å². The molecule has 32 heavy (non-hydrogen) atoms. The summed E-state index contributed by atoms with van der Waals surface area (Å²) < 4.78 is 71.4. The van der Waals surface area contributed by atoms with Crippen LogP contribution in [0.2, 0.25) is 5.02 Å². The molecule has 0 spiro atoms. The van der Waals surface area contributed by atoms with Gasteiger partial charge in [-0.1, -0.05) is 29.4 Å². The fourth-order valence-corrected chi connectivity index (χ4v) is 5.11. The van der Waals surface area contributed by atoms with Gasteiger partial charge in [-0.05, 0) is 44.0 Å². The minimum atomic E-state index is -3.02. The number of hydrogen-bond acceptors (Lipinski definition) is 3. The summed E-state index contributed by atoms with van der Waals surface area (Å²) in [5.74, 6) is -3.16. The molecule has 0 unspecified atom stereocenters. The number of aromatic carboxylic acids is 1.